The number of aliphatic hydroxyl groups excluding tert-OH is 1. The fourth-order valence-electron chi connectivity index (χ4n) is 2.77. The number of carbonyl (C=O) groups excluding carboxylic acids is 1. The van der Waals surface area contributed by atoms with Gasteiger partial charge in [-0.1, -0.05) is 30.3 Å². The van der Waals surface area contributed by atoms with Crippen molar-refractivity contribution in [2.45, 2.75) is 12.3 Å². The first kappa shape index (κ1) is 16.1. The van der Waals surface area contributed by atoms with E-state index in [1.807, 2.05) is 30.3 Å². The quantitative estimate of drug-likeness (QED) is 0.651. The number of fused-ring (bicyclic) bond motifs is 1. The first-order chi connectivity index (χ1) is 11.7. The number of imidazole rings is 1. The van der Waals surface area contributed by atoms with Gasteiger partial charge in [-0.05, 0) is 24.1 Å². The lowest BCUT2D eigenvalue weighted by atomic mass is 9.96. The van der Waals surface area contributed by atoms with E-state index in [4.69, 9.17) is 0 Å². The Morgan fingerprint density at radius 3 is 2.83 bits per heavy atom. The van der Waals surface area contributed by atoms with Crippen molar-refractivity contribution in [3.63, 3.8) is 0 Å². The zero-order valence-electron chi connectivity index (χ0n) is 13.0. The molecule has 0 aliphatic heterocycles. The number of nitrogens with one attached hydrogen (secondary N) is 2. The number of aliphatic hydroxyl groups is 1. The molecule has 3 aromatic rings. The standard InChI is InChI=1S/C18H18FN3O2/c19-14-8-15(17-16(9-14)21-11-22-17)18(24)20-10-13(6-7-23)12-4-2-1-3-5-12/h1-5,8-9,11,13,23H,6-7,10H2,(H,20,24)(H,21,22). The summed E-state index contributed by atoms with van der Waals surface area (Å²) in [6.07, 6.45) is 1.96. The van der Waals surface area contributed by atoms with Crippen molar-refractivity contribution < 1.29 is 14.3 Å². The molecule has 24 heavy (non-hydrogen) atoms. The maximum absolute atomic E-state index is 13.7. The molecule has 0 spiro atoms. The largest absolute Gasteiger partial charge is 0.396 e. The Hall–Kier alpha value is -2.73. The number of carbonyl (C=O) groups is 1. The van der Waals surface area contributed by atoms with Crippen LogP contribution in [0.3, 0.4) is 0 Å². The van der Waals surface area contributed by atoms with Crippen LogP contribution in [0, 0.1) is 5.82 Å². The van der Waals surface area contributed by atoms with Gasteiger partial charge >= 0.3 is 0 Å². The molecule has 0 radical (unpaired) electrons. The predicted molar refractivity (Wildman–Crippen MR) is 89.3 cm³/mol. The summed E-state index contributed by atoms with van der Waals surface area (Å²) in [5.74, 6) is -0.888. The Bertz CT molecular complexity index is 833. The van der Waals surface area contributed by atoms with Gasteiger partial charge in [-0.2, -0.15) is 0 Å². The topological polar surface area (TPSA) is 78.0 Å². The molecule has 0 aliphatic rings. The van der Waals surface area contributed by atoms with Crippen LogP contribution >= 0.6 is 0 Å². The maximum Gasteiger partial charge on any atom is 0.253 e. The molecule has 3 N–H and O–H groups in total. The van der Waals surface area contributed by atoms with Crippen LogP contribution in [0.4, 0.5) is 4.39 Å². The number of nitrogens with zero attached hydrogens (tertiary/aromatic N) is 1. The number of hydrogen-bond acceptors (Lipinski definition) is 3. The molecule has 6 heteroatoms. The van der Waals surface area contributed by atoms with Gasteiger partial charge in [0, 0.05) is 19.1 Å². The van der Waals surface area contributed by atoms with Crippen molar-refractivity contribution in [1.82, 2.24) is 15.3 Å². The minimum absolute atomic E-state index is 0.0108. The Balaban J connectivity index is 1.77. The summed E-state index contributed by atoms with van der Waals surface area (Å²) < 4.78 is 13.7. The summed E-state index contributed by atoms with van der Waals surface area (Å²) in [4.78, 5) is 19.3. The van der Waals surface area contributed by atoms with Crippen LogP contribution in [-0.4, -0.2) is 34.1 Å². The molecule has 0 saturated carbocycles. The summed E-state index contributed by atoms with van der Waals surface area (Å²) in [5, 5.41) is 12.1. The van der Waals surface area contributed by atoms with Gasteiger partial charge in [0.05, 0.1) is 17.4 Å². The van der Waals surface area contributed by atoms with Gasteiger partial charge in [0.15, 0.2) is 0 Å². The summed E-state index contributed by atoms with van der Waals surface area (Å²) in [6, 6.07) is 12.2. The second kappa shape index (κ2) is 7.23. The SMILES string of the molecule is O=C(NCC(CCO)c1ccccc1)c1cc(F)cc2[nH]cnc12. The number of benzene rings is 2. The van der Waals surface area contributed by atoms with Crippen LogP contribution < -0.4 is 5.32 Å². The number of aromatic nitrogens is 2. The second-order valence-corrected chi connectivity index (χ2v) is 5.58. The minimum atomic E-state index is -0.494. The van der Waals surface area contributed by atoms with Crippen molar-refractivity contribution in [1.29, 1.82) is 0 Å². The smallest absolute Gasteiger partial charge is 0.253 e. The Morgan fingerprint density at radius 2 is 2.08 bits per heavy atom. The summed E-state index contributed by atoms with van der Waals surface area (Å²) in [5.41, 5.74) is 2.15. The molecule has 1 amide bonds. The van der Waals surface area contributed by atoms with Crippen LogP contribution in [0.25, 0.3) is 11.0 Å². The molecule has 3 rings (SSSR count). The molecular formula is C18H18FN3O2. The second-order valence-electron chi connectivity index (χ2n) is 5.58. The fraction of sp³-hybridized carbons (Fsp3) is 0.222. The first-order valence-electron chi connectivity index (χ1n) is 7.75. The average molecular weight is 327 g/mol. The van der Waals surface area contributed by atoms with Gasteiger partial charge in [-0.3, -0.25) is 4.79 Å². The van der Waals surface area contributed by atoms with E-state index < -0.39 is 5.82 Å². The number of halogens is 1. The van der Waals surface area contributed by atoms with Crippen molar-refractivity contribution >= 4 is 16.9 Å². The highest BCUT2D eigenvalue weighted by Crippen LogP contribution is 2.20. The highest BCUT2D eigenvalue weighted by Gasteiger charge is 2.17. The van der Waals surface area contributed by atoms with Crippen LogP contribution in [0.5, 0.6) is 0 Å². The van der Waals surface area contributed by atoms with Crippen LogP contribution in [0.15, 0.2) is 48.8 Å². The van der Waals surface area contributed by atoms with Crippen molar-refractivity contribution in [3.05, 3.63) is 65.7 Å². The van der Waals surface area contributed by atoms with E-state index in [1.54, 1.807) is 0 Å². The summed E-state index contributed by atoms with van der Waals surface area (Å²) in [6.45, 7) is 0.380. The Labute approximate surface area is 138 Å². The Morgan fingerprint density at radius 1 is 1.29 bits per heavy atom. The number of H-pyrrole nitrogens is 1. The molecule has 5 nitrogen and oxygen atoms in total. The molecule has 1 heterocycles. The van der Waals surface area contributed by atoms with E-state index in [0.717, 1.165) is 5.56 Å². The van der Waals surface area contributed by atoms with E-state index in [9.17, 15) is 14.3 Å². The molecule has 0 saturated heterocycles. The third kappa shape index (κ3) is 3.44. The van der Waals surface area contributed by atoms with Crippen molar-refractivity contribution in [2.24, 2.45) is 0 Å². The van der Waals surface area contributed by atoms with Gasteiger partial charge in [0.1, 0.15) is 11.3 Å². The highest BCUT2D eigenvalue weighted by atomic mass is 19.1. The predicted octanol–water partition coefficient (Wildman–Crippen LogP) is 2.60. The van der Waals surface area contributed by atoms with Gasteiger partial charge in [-0.15, -0.1) is 0 Å². The molecule has 1 aromatic heterocycles. The molecule has 124 valence electrons. The number of amides is 1. The molecule has 0 bridgehead atoms. The first-order valence-corrected chi connectivity index (χ1v) is 7.75. The lowest BCUT2D eigenvalue weighted by molar-refractivity contribution is 0.0950. The molecule has 0 fully saturated rings. The lowest BCUT2D eigenvalue weighted by Gasteiger charge is -2.17. The minimum Gasteiger partial charge on any atom is -0.396 e. The molecule has 1 unspecified atom stereocenters. The van der Waals surface area contributed by atoms with Crippen LogP contribution in [0.2, 0.25) is 0 Å². The number of rotatable bonds is 6. The van der Waals surface area contributed by atoms with E-state index in [1.165, 1.54) is 18.5 Å². The summed E-state index contributed by atoms with van der Waals surface area (Å²) in [7, 11) is 0. The zero-order valence-corrected chi connectivity index (χ0v) is 13.0. The van der Waals surface area contributed by atoms with Crippen LogP contribution in [0.1, 0.15) is 28.3 Å². The third-order valence-corrected chi connectivity index (χ3v) is 3.99. The zero-order chi connectivity index (χ0) is 16.9. The monoisotopic (exact) mass is 327 g/mol. The van der Waals surface area contributed by atoms with E-state index in [-0.39, 0.29) is 24.0 Å². The van der Waals surface area contributed by atoms with Gasteiger partial charge in [-0.25, -0.2) is 9.37 Å². The highest BCUT2D eigenvalue weighted by molar-refractivity contribution is 6.04. The van der Waals surface area contributed by atoms with E-state index >= 15 is 0 Å². The fourth-order valence-corrected chi connectivity index (χ4v) is 2.77. The molecule has 1 atom stereocenters. The summed E-state index contributed by atoms with van der Waals surface area (Å²) >= 11 is 0. The van der Waals surface area contributed by atoms with Gasteiger partial charge in [0.25, 0.3) is 5.91 Å². The lowest BCUT2D eigenvalue weighted by Crippen LogP contribution is -2.29. The molecular weight excluding hydrogens is 309 g/mol. The average Bonchev–Trinajstić information content (AvgIpc) is 3.06. The normalized spacial score (nSPS) is 12.2. The van der Waals surface area contributed by atoms with Crippen molar-refractivity contribution in [2.75, 3.05) is 13.2 Å². The molecule has 2 aromatic carbocycles. The van der Waals surface area contributed by atoms with Gasteiger partial charge in [0.2, 0.25) is 0 Å². The molecule has 0 aliphatic carbocycles. The third-order valence-electron chi connectivity index (χ3n) is 3.99. The van der Waals surface area contributed by atoms with Crippen LogP contribution in [-0.2, 0) is 0 Å². The van der Waals surface area contributed by atoms with Gasteiger partial charge < -0.3 is 15.4 Å². The number of aromatic amines is 1. The Kier molecular flexibility index (Phi) is 4.86. The van der Waals surface area contributed by atoms with E-state index in [2.05, 4.69) is 15.3 Å². The van der Waals surface area contributed by atoms with Crippen molar-refractivity contribution in [3.8, 4) is 0 Å². The maximum atomic E-state index is 13.7. The number of hydrogen-bond donors (Lipinski definition) is 3. The van der Waals surface area contributed by atoms with E-state index in [0.29, 0.717) is 24.0 Å².